The number of imide groups is 4. The maximum absolute atomic E-state index is 13.6. The van der Waals surface area contributed by atoms with E-state index in [4.69, 9.17) is 14.2 Å². The minimum absolute atomic E-state index is 0.291. The van der Waals surface area contributed by atoms with Crippen LogP contribution in [0.5, 0.6) is 0 Å². The van der Waals surface area contributed by atoms with Gasteiger partial charge in [0.2, 0.25) is 0 Å². The van der Waals surface area contributed by atoms with Gasteiger partial charge in [0.25, 0.3) is 5.91 Å². The molecular formula is C22H33N3O8. The summed E-state index contributed by atoms with van der Waals surface area (Å²) in [5, 5.41) is 0. The second kappa shape index (κ2) is 7.33. The van der Waals surface area contributed by atoms with Crippen molar-refractivity contribution in [3.05, 3.63) is 0 Å². The van der Waals surface area contributed by atoms with Crippen molar-refractivity contribution in [1.29, 1.82) is 0 Å². The number of hydrogen-bond donors (Lipinski definition) is 0. The van der Waals surface area contributed by atoms with E-state index in [1.165, 1.54) is 4.90 Å². The Morgan fingerprint density at radius 3 is 1.73 bits per heavy atom. The Morgan fingerprint density at radius 1 is 0.788 bits per heavy atom. The van der Waals surface area contributed by atoms with Crippen LogP contribution in [0.15, 0.2) is 0 Å². The molecular weight excluding hydrogens is 434 g/mol. The SMILES string of the molecule is CC(C)(C)OC(=O)N1C(=O)N(C(=O)OC(C)(C)C)C2(CN(C(=O)OC(C)(C)C)C3CC32)C1=O. The van der Waals surface area contributed by atoms with Crippen LogP contribution in [-0.4, -0.2) is 79.8 Å². The molecule has 3 unspecified atom stereocenters. The quantitative estimate of drug-likeness (QED) is 0.392. The molecule has 1 aliphatic carbocycles. The van der Waals surface area contributed by atoms with E-state index < -0.39 is 64.5 Å². The van der Waals surface area contributed by atoms with Gasteiger partial charge in [0.05, 0.1) is 6.54 Å². The number of urea groups is 1. The molecule has 0 aromatic carbocycles. The van der Waals surface area contributed by atoms with Gasteiger partial charge < -0.3 is 19.1 Å². The van der Waals surface area contributed by atoms with Crippen molar-refractivity contribution in [3.63, 3.8) is 0 Å². The first-order valence-electron chi connectivity index (χ1n) is 10.9. The molecule has 3 aliphatic rings. The topological polar surface area (TPSA) is 123 Å². The van der Waals surface area contributed by atoms with E-state index in [-0.39, 0.29) is 6.54 Å². The third kappa shape index (κ3) is 4.49. The van der Waals surface area contributed by atoms with Crippen molar-refractivity contribution in [1.82, 2.24) is 14.7 Å². The van der Waals surface area contributed by atoms with Gasteiger partial charge in [-0.2, -0.15) is 4.90 Å². The molecule has 2 aliphatic heterocycles. The predicted molar refractivity (Wildman–Crippen MR) is 114 cm³/mol. The van der Waals surface area contributed by atoms with E-state index in [0.717, 1.165) is 0 Å². The lowest BCUT2D eigenvalue weighted by atomic mass is 9.93. The molecule has 0 radical (unpaired) electrons. The summed E-state index contributed by atoms with van der Waals surface area (Å²) in [6.07, 6.45) is -2.54. The van der Waals surface area contributed by atoms with Crippen LogP contribution < -0.4 is 0 Å². The molecule has 3 rings (SSSR count). The number of nitrogens with zero attached hydrogens (tertiary/aromatic N) is 3. The Kier molecular flexibility index (Phi) is 5.50. The van der Waals surface area contributed by atoms with Crippen LogP contribution in [0, 0.1) is 5.92 Å². The molecule has 0 aromatic heterocycles. The number of fused-ring (bicyclic) bond motifs is 2. The number of carbonyl (C=O) groups is 5. The fraction of sp³-hybridized carbons (Fsp3) is 0.773. The van der Waals surface area contributed by atoms with Crippen molar-refractivity contribution in [2.45, 2.75) is 97.1 Å². The highest BCUT2D eigenvalue weighted by molar-refractivity contribution is 6.21. The molecule has 33 heavy (non-hydrogen) atoms. The number of ether oxygens (including phenoxy) is 3. The highest BCUT2D eigenvalue weighted by atomic mass is 16.6. The van der Waals surface area contributed by atoms with Crippen molar-refractivity contribution in [2.24, 2.45) is 5.92 Å². The van der Waals surface area contributed by atoms with Gasteiger partial charge in [0.1, 0.15) is 16.8 Å². The molecule has 0 bridgehead atoms. The molecule has 3 atom stereocenters. The van der Waals surface area contributed by atoms with Gasteiger partial charge in [-0.1, -0.05) is 0 Å². The summed E-state index contributed by atoms with van der Waals surface area (Å²) in [6, 6.07) is -1.56. The highest BCUT2D eigenvalue weighted by Gasteiger charge is 2.77. The Morgan fingerprint density at radius 2 is 1.24 bits per heavy atom. The summed E-state index contributed by atoms with van der Waals surface area (Å²) in [4.78, 5) is 68.0. The monoisotopic (exact) mass is 467 g/mol. The zero-order chi connectivity index (χ0) is 25.3. The van der Waals surface area contributed by atoms with Crippen LogP contribution in [0.2, 0.25) is 0 Å². The molecule has 11 heteroatoms. The zero-order valence-electron chi connectivity index (χ0n) is 20.7. The van der Waals surface area contributed by atoms with Crippen molar-refractivity contribution < 1.29 is 38.2 Å². The van der Waals surface area contributed by atoms with E-state index in [1.54, 1.807) is 62.3 Å². The molecule has 184 valence electrons. The Labute approximate surface area is 193 Å². The zero-order valence-corrected chi connectivity index (χ0v) is 20.7. The first-order chi connectivity index (χ1) is 14.8. The van der Waals surface area contributed by atoms with Gasteiger partial charge in [-0.15, -0.1) is 0 Å². The number of carbonyl (C=O) groups excluding carboxylic acids is 5. The second-order valence-corrected chi connectivity index (χ2v) is 11.7. The fourth-order valence-electron chi connectivity index (χ4n) is 4.18. The number of rotatable bonds is 0. The van der Waals surface area contributed by atoms with E-state index >= 15 is 0 Å². The van der Waals surface area contributed by atoms with Crippen LogP contribution in [-0.2, 0) is 19.0 Å². The molecule has 1 spiro atoms. The Bertz CT molecular complexity index is 910. The van der Waals surface area contributed by atoms with Crippen LogP contribution in [0.3, 0.4) is 0 Å². The molecule has 2 heterocycles. The second-order valence-electron chi connectivity index (χ2n) is 11.7. The maximum Gasteiger partial charge on any atom is 0.425 e. The van der Waals surface area contributed by atoms with Gasteiger partial charge in [-0.3, -0.25) is 4.79 Å². The Balaban J connectivity index is 2.01. The number of likely N-dealkylation sites (tertiary alicyclic amines) is 1. The lowest BCUT2D eigenvalue weighted by Crippen LogP contribution is -2.58. The standard InChI is InChI=1S/C22H33N3O8/c1-19(2,3)31-16(28)23-11-22(12-10-13(12)23)14(26)24(17(29)32-20(4,5)6)15(27)25(22)18(30)33-21(7,8)9/h12-13H,10-11H2,1-9H3. The van der Waals surface area contributed by atoms with Crippen LogP contribution in [0.1, 0.15) is 68.7 Å². The van der Waals surface area contributed by atoms with Crippen molar-refractivity contribution in [2.75, 3.05) is 6.54 Å². The normalized spacial score (nSPS) is 27.1. The Hall–Kier alpha value is -2.85. The maximum atomic E-state index is 13.6. The molecule has 6 amide bonds. The van der Waals surface area contributed by atoms with Gasteiger partial charge in [-0.05, 0) is 68.7 Å². The molecule has 3 fully saturated rings. The third-order valence-electron chi connectivity index (χ3n) is 5.32. The van der Waals surface area contributed by atoms with Crippen molar-refractivity contribution >= 4 is 30.2 Å². The van der Waals surface area contributed by atoms with E-state index in [1.807, 2.05) is 0 Å². The lowest BCUT2D eigenvalue weighted by Gasteiger charge is -2.34. The molecule has 1 saturated carbocycles. The smallest absolute Gasteiger partial charge is 0.425 e. The van der Waals surface area contributed by atoms with Gasteiger partial charge >= 0.3 is 24.3 Å². The van der Waals surface area contributed by atoms with Crippen molar-refractivity contribution in [3.8, 4) is 0 Å². The van der Waals surface area contributed by atoms with Crippen LogP contribution in [0.25, 0.3) is 0 Å². The number of piperidine rings is 1. The van der Waals surface area contributed by atoms with Gasteiger partial charge in [-0.25, -0.2) is 24.1 Å². The minimum Gasteiger partial charge on any atom is -0.444 e. The average molecular weight is 468 g/mol. The highest BCUT2D eigenvalue weighted by Crippen LogP contribution is 2.56. The first kappa shape index (κ1) is 24.8. The first-order valence-corrected chi connectivity index (χ1v) is 10.9. The fourth-order valence-corrected chi connectivity index (χ4v) is 4.18. The molecule has 2 saturated heterocycles. The summed E-state index contributed by atoms with van der Waals surface area (Å²) >= 11 is 0. The molecule has 0 N–H and O–H groups in total. The average Bonchev–Trinajstić information content (AvgIpc) is 3.22. The van der Waals surface area contributed by atoms with Gasteiger partial charge in [0, 0.05) is 12.0 Å². The molecule has 11 nitrogen and oxygen atoms in total. The number of hydrogen-bond acceptors (Lipinski definition) is 8. The van der Waals surface area contributed by atoms with Gasteiger partial charge in [0.15, 0.2) is 5.54 Å². The van der Waals surface area contributed by atoms with Crippen LogP contribution in [0.4, 0.5) is 19.2 Å². The minimum atomic E-state index is -1.77. The van der Waals surface area contributed by atoms with Crippen LogP contribution >= 0.6 is 0 Å². The summed E-state index contributed by atoms with van der Waals surface area (Å²) < 4.78 is 16.1. The van der Waals surface area contributed by atoms with E-state index in [2.05, 4.69) is 0 Å². The lowest BCUT2D eigenvalue weighted by molar-refractivity contribution is -0.133. The summed E-state index contributed by atoms with van der Waals surface area (Å²) in [7, 11) is 0. The summed E-state index contributed by atoms with van der Waals surface area (Å²) in [5.41, 5.74) is -4.49. The molecule has 0 aromatic rings. The third-order valence-corrected chi connectivity index (χ3v) is 5.32. The summed E-state index contributed by atoms with van der Waals surface area (Å²) in [5.74, 6) is -1.45. The van der Waals surface area contributed by atoms with E-state index in [0.29, 0.717) is 16.2 Å². The van der Waals surface area contributed by atoms with E-state index in [9.17, 15) is 24.0 Å². The summed E-state index contributed by atoms with van der Waals surface area (Å²) in [6.45, 7) is 14.5. The largest absolute Gasteiger partial charge is 0.444 e. The number of amides is 6. The predicted octanol–water partition coefficient (Wildman–Crippen LogP) is 3.50.